The van der Waals surface area contributed by atoms with E-state index in [2.05, 4.69) is 37.1 Å². The van der Waals surface area contributed by atoms with Gasteiger partial charge in [-0.1, -0.05) is 23.6 Å². The quantitative estimate of drug-likeness (QED) is 0.107. The minimum atomic E-state index is -3.82. The van der Waals surface area contributed by atoms with Gasteiger partial charge in [0.1, 0.15) is 40.9 Å². The first kappa shape index (κ1) is 39.1. The zero-order valence-corrected chi connectivity index (χ0v) is 29.8. The highest BCUT2D eigenvalue weighted by Gasteiger charge is 2.28. The number of pyridine rings is 1. The number of anilines is 1. The first-order valence-electron chi connectivity index (χ1n) is 15.5. The summed E-state index contributed by atoms with van der Waals surface area (Å²) in [7, 11) is -2.31. The molecule has 53 heavy (non-hydrogen) atoms. The van der Waals surface area contributed by atoms with E-state index >= 15 is 0 Å². The number of halogens is 7. The molecule has 2 aromatic carbocycles. The number of carbonyl (C=O) groups excluding carboxylic acids is 1. The third-order valence-corrected chi connectivity index (χ3v) is 8.41. The maximum atomic E-state index is 14.4. The second-order valence-electron chi connectivity index (χ2n) is 12.5. The number of rotatable bonds is 11. The molecule has 1 atom stereocenters. The molecule has 0 radical (unpaired) electrons. The third-order valence-electron chi connectivity index (χ3n) is 7.53. The van der Waals surface area contributed by atoms with Crippen LogP contribution >= 0.6 is 11.6 Å². The lowest BCUT2D eigenvalue weighted by atomic mass is 9.93. The number of fused-ring (bicyclic) bond motifs is 1. The van der Waals surface area contributed by atoms with E-state index in [0.717, 1.165) is 18.4 Å². The maximum Gasteiger partial charge on any atom is 0.282 e. The molecule has 0 fully saturated rings. The van der Waals surface area contributed by atoms with Gasteiger partial charge in [0.25, 0.3) is 12.9 Å². The Hall–Kier alpha value is -5.12. The molecule has 0 aliphatic rings. The Labute approximate surface area is 304 Å². The lowest BCUT2D eigenvalue weighted by Crippen LogP contribution is -2.34. The number of benzene rings is 2. The molecule has 0 bridgehead atoms. The van der Waals surface area contributed by atoms with Crippen LogP contribution in [0.15, 0.2) is 48.5 Å². The summed E-state index contributed by atoms with van der Waals surface area (Å²) in [6.07, 6.45) is -5.90. The van der Waals surface area contributed by atoms with Crippen molar-refractivity contribution < 1.29 is 44.7 Å². The average molecular weight is 782 g/mol. The molecule has 280 valence electrons. The Balaban J connectivity index is 1.73. The first-order chi connectivity index (χ1) is 24.7. The Kier molecular flexibility index (Phi) is 11.1. The number of hydrogen-bond acceptors (Lipinski definition) is 7. The molecule has 1 amide bonds. The fourth-order valence-electron chi connectivity index (χ4n) is 5.51. The molecule has 19 heteroatoms. The van der Waals surface area contributed by atoms with Crippen molar-refractivity contribution in [2.24, 2.45) is 7.05 Å². The predicted octanol–water partition coefficient (Wildman–Crippen LogP) is 6.23. The van der Waals surface area contributed by atoms with Crippen molar-refractivity contribution in [1.82, 2.24) is 29.9 Å². The summed E-state index contributed by atoms with van der Waals surface area (Å²) < 4.78 is 111. The smallest absolute Gasteiger partial charge is 0.282 e. The number of hydrogen-bond donors (Lipinski definition) is 3. The Bertz CT molecular complexity index is 2360. The molecular weight excluding hydrogens is 752 g/mol. The number of amides is 1. The average Bonchev–Trinajstić information content (AvgIpc) is 3.60. The van der Waals surface area contributed by atoms with Crippen molar-refractivity contribution in [1.29, 1.82) is 0 Å². The molecule has 3 N–H and O–H groups in total. The van der Waals surface area contributed by atoms with Crippen molar-refractivity contribution in [2.75, 3.05) is 11.0 Å². The van der Waals surface area contributed by atoms with Gasteiger partial charge in [0.15, 0.2) is 5.82 Å². The Morgan fingerprint density at radius 3 is 2.26 bits per heavy atom. The van der Waals surface area contributed by atoms with Crippen LogP contribution < -0.4 is 10.0 Å². The number of sulfonamides is 1. The molecule has 3 heterocycles. The van der Waals surface area contributed by atoms with Gasteiger partial charge in [0.2, 0.25) is 15.9 Å². The van der Waals surface area contributed by atoms with Crippen molar-refractivity contribution in [3.05, 3.63) is 93.5 Å². The molecule has 5 rings (SSSR count). The van der Waals surface area contributed by atoms with Gasteiger partial charge < -0.3 is 10.4 Å². The summed E-state index contributed by atoms with van der Waals surface area (Å²) in [5.41, 5.74) is -2.39. The molecule has 0 saturated carbocycles. The lowest BCUT2D eigenvalue weighted by molar-refractivity contribution is -0.122. The second-order valence-corrected chi connectivity index (χ2v) is 14.6. The summed E-state index contributed by atoms with van der Waals surface area (Å²) in [6.45, 7) is 1.89. The predicted molar refractivity (Wildman–Crippen MR) is 184 cm³/mol. The van der Waals surface area contributed by atoms with E-state index in [9.17, 15) is 44.7 Å². The maximum absolute atomic E-state index is 14.4. The van der Waals surface area contributed by atoms with Crippen LogP contribution in [0.5, 0.6) is 0 Å². The number of nitrogens with zero attached hydrogens (tertiary/aromatic N) is 5. The Morgan fingerprint density at radius 1 is 1.00 bits per heavy atom. The number of alkyl halides is 4. The number of aliphatic hydroxyl groups is 1. The number of aryl methyl sites for hydroxylation is 1. The zero-order valence-electron chi connectivity index (χ0n) is 28.2. The van der Waals surface area contributed by atoms with Gasteiger partial charge in [-0.05, 0) is 68.2 Å². The molecule has 1 unspecified atom stereocenters. The summed E-state index contributed by atoms with van der Waals surface area (Å²) >= 11 is 6.53. The topological polar surface area (TPSA) is 144 Å². The second kappa shape index (κ2) is 15.1. The van der Waals surface area contributed by atoms with Crippen LogP contribution in [-0.2, 0) is 34.8 Å². The van der Waals surface area contributed by atoms with Gasteiger partial charge in [-0.15, -0.1) is 0 Å². The standard InChI is InChI=1S/C34H30ClF6N7O4S/c1-34(2,50)10-9-20-5-6-21(22-7-8-23(35)28-30(22)47(3)45-33(28)46-53(4,51)52)29(42-20)24(13-17-11-18(36)14-19(37)12-17)43-27(49)16-48-26(32(40)41)15-25(44-48)31(38)39/h5-8,11-12,14-15,24,31-32,50H,13,16H2,1-4H3,(H,43,49)(H,45,46). The van der Waals surface area contributed by atoms with Crippen LogP contribution in [0.1, 0.15) is 61.1 Å². The largest absolute Gasteiger partial charge is 0.378 e. The lowest BCUT2D eigenvalue weighted by Gasteiger charge is -2.23. The molecular formula is C34H30ClF6N7O4S. The number of nitrogens with one attached hydrogen (secondary N) is 2. The van der Waals surface area contributed by atoms with Gasteiger partial charge in [0, 0.05) is 24.2 Å². The van der Waals surface area contributed by atoms with E-state index in [4.69, 9.17) is 11.6 Å². The highest BCUT2D eigenvalue weighted by atomic mass is 35.5. The van der Waals surface area contributed by atoms with Crippen molar-refractivity contribution in [3.8, 4) is 23.0 Å². The monoisotopic (exact) mass is 781 g/mol. The molecule has 0 aliphatic heterocycles. The van der Waals surface area contributed by atoms with Crippen molar-refractivity contribution in [3.63, 3.8) is 0 Å². The highest BCUT2D eigenvalue weighted by molar-refractivity contribution is 7.92. The fourth-order valence-corrected chi connectivity index (χ4v) is 6.25. The summed E-state index contributed by atoms with van der Waals surface area (Å²) in [5, 5.41) is 20.9. The van der Waals surface area contributed by atoms with Gasteiger partial charge >= 0.3 is 0 Å². The molecule has 5 aromatic rings. The van der Waals surface area contributed by atoms with Crippen LogP contribution in [0.25, 0.3) is 22.0 Å². The van der Waals surface area contributed by atoms with E-state index in [-0.39, 0.29) is 45.2 Å². The van der Waals surface area contributed by atoms with Crippen molar-refractivity contribution in [2.45, 2.75) is 51.3 Å². The van der Waals surface area contributed by atoms with Crippen LogP contribution in [-0.4, -0.2) is 55.8 Å². The number of carbonyl (C=O) groups is 1. The molecule has 0 saturated heterocycles. The fraction of sp³-hybridized carbons (Fsp3) is 0.294. The minimum Gasteiger partial charge on any atom is -0.378 e. The van der Waals surface area contributed by atoms with E-state index in [1.165, 1.54) is 37.7 Å². The van der Waals surface area contributed by atoms with E-state index in [0.29, 0.717) is 27.9 Å². The molecule has 0 spiro atoms. The normalized spacial score (nSPS) is 12.6. The number of aromatic nitrogens is 5. The highest BCUT2D eigenvalue weighted by Crippen LogP contribution is 2.40. The van der Waals surface area contributed by atoms with E-state index in [1.54, 1.807) is 12.1 Å². The van der Waals surface area contributed by atoms with E-state index in [1.807, 2.05) is 0 Å². The summed E-state index contributed by atoms with van der Waals surface area (Å²) in [4.78, 5) is 18.2. The van der Waals surface area contributed by atoms with Crippen LogP contribution in [0.2, 0.25) is 5.02 Å². The van der Waals surface area contributed by atoms with Crippen LogP contribution in [0, 0.1) is 23.5 Å². The summed E-state index contributed by atoms with van der Waals surface area (Å²) in [5.74, 6) is 2.34. The molecule has 0 aliphatic carbocycles. The summed E-state index contributed by atoms with van der Waals surface area (Å²) in [6, 6.07) is 7.83. The first-order valence-corrected chi connectivity index (χ1v) is 17.7. The van der Waals surface area contributed by atoms with Gasteiger partial charge in [-0.25, -0.2) is 39.7 Å². The molecule has 3 aromatic heterocycles. The minimum absolute atomic E-state index is 0.0100. The van der Waals surface area contributed by atoms with Gasteiger partial charge in [0.05, 0.1) is 33.9 Å². The van der Waals surface area contributed by atoms with Crippen molar-refractivity contribution >= 4 is 44.3 Å². The van der Waals surface area contributed by atoms with Crippen LogP contribution in [0.3, 0.4) is 0 Å². The van der Waals surface area contributed by atoms with Gasteiger partial charge in [-0.3, -0.25) is 18.9 Å². The van der Waals surface area contributed by atoms with E-state index < -0.39 is 70.0 Å². The Morgan fingerprint density at radius 2 is 1.66 bits per heavy atom. The molecule has 11 nitrogen and oxygen atoms in total. The van der Waals surface area contributed by atoms with Crippen LogP contribution in [0.4, 0.5) is 32.2 Å². The zero-order chi connectivity index (χ0) is 39.0. The van der Waals surface area contributed by atoms with Gasteiger partial charge in [-0.2, -0.15) is 10.2 Å². The SMILES string of the molecule is Cn1nc(NS(C)(=O)=O)c2c(Cl)ccc(-c3ccc(C#CC(C)(C)O)nc3C(Cc3cc(F)cc(F)c3)NC(=O)Cn3nc(C(F)F)cc3C(F)F)c21. The third kappa shape index (κ3) is 9.47.